The lowest BCUT2D eigenvalue weighted by molar-refractivity contribution is 0.355. The topological polar surface area (TPSA) is 83.6 Å². The molecule has 0 bridgehead atoms. The summed E-state index contributed by atoms with van der Waals surface area (Å²) in [5.41, 5.74) is 1.44. The van der Waals surface area contributed by atoms with Gasteiger partial charge in [0.05, 0.1) is 38.5 Å². The lowest BCUT2D eigenvalue weighted by Gasteiger charge is -2.27. The number of aromatic nitrogens is 2. The minimum atomic E-state index is -0.499. The molecule has 7 heteroatoms. The molecule has 0 amide bonds. The molecule has 3 rings (SSSR count). The fourth-order valence-electron chi connectivity index (χ4n) is 3.16. The molecule has 1 aromatic carbocycles. The predicted molar refractivity (Wildman–Crippen MR) is 95.1 cm³/mol. The molecule has 1 aliphatic heterocycles. The Labute approximate surface area is 146 Å². The van der Waals surface area contributed by atoms with Gasteiger partial charge in [-0.2, -0.15) is 15.5 Å². The number of amidine groups is 1. The summed E-state index contributed by atoms with van der Waals surface area (Å²) in [4.78, 5) is 6.75. The van der Waals surface area contributed by atoms with Gasteiger partial charge in [0.25, 0.3) is 0 Å². The van der Waals surface area contributed by atoms with Crippen molar-refractivity contribution in [1.82, 2.24) is 15.1 Å². The number of nitrogens with zero attached hydrogens (tertiary/aromatic N) is 5. The van der Waals surface area contributed by atoms with E-state index >= 15 is 0 Å². The summed E-state index contributed by atoms with van der Waals surface area (Å²) in [5, 5.41) is 18.9. The second-order valence-corrected chi connectivity index (χ2v) is 6.11. The highest BCUT2D eigenvalue weighted by Crippen LogP contribution is 2.35. The number of fused-ring (bicyclic) bond motifs is 1. The van der Waals surface area contributed by atoms with Gasteiger partial charge in [-0.1, -0.05) is 0 Å². The fourth-order valence-corrected chi connectivity index (χ4v) is 3.16. The monoisotopic (exact) mass is 339 g/mol. The summed E-state index contributed by atoms with van der Waals surface area (Å²) >= 11 is 0. The molecule has 25 heavy (non-hydrogen) atoms. The largest absolute Gasteiger partial charge is 0.493 e. The first kappa shape index (κ1) is 17.0. The Bertz CT molecular complexity index is 856. The molecule has 0 spiro atoms. The Morgan fingerprint density at radius 3 is 2.56 bits per heavy atom. The van der Waals surface area contributed by atoms with E-state index in [0.29, 0.717) is 23.6 Å². The van der Waals surface area contributed by atoms with Gasteiger partial charge in [-0.25, -0.2) is 0 Å². The number of hydrogen-bond acceptors (Lipinski definition) is 7. The summed E-state index contributed by atoms with van der Waals surface area (Å²) in [6.07, 6.45) is 1.64. The van der Waals surface area contributed by atoms with Crippen molar-refractivity contribution >= 4 is 16.7 Å². The van der Waals surface area contributed by atoms with E-state index in [1.807, 2.05) is 6.07 Å². The van der Waals surface area contributed by atoms with E-state index < -0.39 is 5.92 Å². The molecule has 130 valence electrons. The van der Waals surface area contributed by atoms with Crippen molar-refractivity contribution in [2.24, 2.45) is 4.99 Å². The lowest BCUT2D eigenvalue weighted by atomic mass is 9.95. The molecular weight excluding hydrogens is 318 g/mol. The summed E-state index contributed by atoms with van der Waals surface area (Å²) < 4.78 is 10.7. The van der Waals surface area contributed by atoms with E-state index in [-0.39, 0.29) is 6.04 Å². The Kier molecular flexibility index (Phi) is 4.70. The Balaban J connectivity index is 2.15. The van der Waals surface area contributed by atoms with Gasteiger partial charge < -0.3 is 14.4 Å². The van der Waals surface area contributed by atoms with Gasteiger partial charge in [-0.05, 0) is 19.9 Å². The van der Waals surface area contributed by atoms with Crippen LogP contribution in [0.1, 0.15) is 25.3 Å². The molecule has 7 nitrogen and oxygen atoms in total. The van der Waals surface area contributed by atoms with Gasteiger partial charge in [-0.15, -0.1) is 0 Å². The van der Waals surface area contributed by atoms with Gasteiger partial charge in [0.2, 0.25) is 0 Å². The number of methoxy groups -OCH3 is 2. The van der Waals surface area contributed by atoms with Gasteiger partial charge in [0, 0.05) is 29.6 Å². The maximum Gasteiger partial charge on any atom is 0.162 e. The SMILES string of the molecule is COc1cc2nncc(C(C#N)C3=NCCN3C(C)C)c2cc1OC. The number of hydrogen-bond donors (Lipinski definition) is 0. The highest BCUT2D eigenvalue weighted by molar-refractivity contribution is 5.97. The average molecular weight is 339 g/mol. The van der Waals surface area contributed by atoms with E-state index in [1.54, 1.807) is 26.5 Å². The second-order valence-electron chi connectivity index (χ2n) is 6.11. The van der Waals surface area contributed by atoms with Crippen LogP contribution < -0.4 is 9.47 Å². The van der Waals surface area contributed by atoms with Crippen LogP contribution in [0, 0.1) is 11.3 Å². The van der Waals surface area contributed by atoms with Gasteiger partial charge >= 0.3 is 0 Å². The first-order valence-electron chi connectivity index (χ1n) is 8.18. The maximum absolute atomic E-state index is 9.86. The molecule has 0 saturated carbocycles. The van der Waals surface area contributed by atoms with Crippen LogP contribution >= 0.6 is 0 Å². The van der Waals surface area contributed by atoms with E-state index in [1.165, 1.54) is 0 Å². The predicted octanol–water partition coefficient (Wildman–Crippen LogP) is 2.38. The van der Waals surface area contributed by atoms with Gasteiger partial charge in [-0.3, -0.25) is 4.99 Å². The molecule has 0 N–H and O–H groups in total. The summed E-state index contributed by atoms with van der Waals surface area (Å²) in [6.45, 7) is 5.75. The number of ether oxygens (including phenoxy) is 2. The van der Waals surface area contributed by atoms with E-state index in [0.717, 1.165) is 23.3 Å². The molecule has 1 aliphatic rings. The van der Waals surface area contributed by atoms with Crippen LogP contribution in [0.15, 0.2) is 23.3 Å². The zero-order valence-electron chi connectivity index (χ0n) is 14.9. The quantitative estimate of drug-likeness (QED) is 0.831. The molecular formula is C18H21N5O2. The smallest absolute Gasteiger partial charge is 0.162 e. The van der Waals surface area contributed by atoms with Crippen molar-refractivity contribution in [3.8, 4) is 17.6 Å². The van der Waals surface area contributed by atoms with Crippen LogP contribution in [0.4, 0.5) is 0 Å². The average Bonchev–Trinajstić information content (AvgIpc) is 3.11. The fraction of sp³-hybridized carbons (Fsp3) is 0.444. The Morgan fingerprint density at radius 1 is 1.20 bits per heavy atom. The zero-order valence-corrected chi connectivity index (χ0v) is 14.9. The molecule has 2 aromatic rings. The van der Waals surface area contributed by atoms with Crippen molar-refractivity contribution in [1.29, 1.82) is 5.26 Å². The molecule has 0 saturated heterocycles. The third kappa shape index (κ3) is 2.95. The summed E-state index contributed by atoms with van der Waals surface area (Å²) in [5.74, 6) is 1.47. The standard InChI is InChI=1S/C18H21N5O2/c1-11(2)23-6-5-20-18(23)13(9-19)14-10-21-22-15-8-17(25-4)16(24-3)7-12(14)15/h7-8,10-11,13H,5-6H2,1-4H3. The molecule has 1 unspecified atom stereocenters. The second kappa shape index (κ2) is 6.93. The van der Waals surface area contributed by atoms with Crippen LogP contribution in [-0.4, -0.2) is 54.3 Å². The molecule has 1 atom stereocenters. The Morgan fingerprint density at radius 2 is 1.92 bits per heavy atom. The third-order valence-corrected chi connectivity index (χ3v) is 4.41. The van der Waals surface area contributed by atoms with Crippen molar-refractivity contribution < 1.29 is 9.47 Å². The number of aliphatic imine (C=N–C) groups is 1. The van der Waals surface area contributed by atoms with Gasteiger partial charge in [0.1, 0.15) is 11.8 Å². The molecule has 1 aromatic heterocycles. The first-order chi connectivity index (χ1) is 12.1. The van der Waals surface area contributed by atoms with Crippen molar-refractivity contribution in [2.75, 3.05) is 27.3 Å². The van der Waals surface area contributed by atoms with Crippen LogP contribution in [-0.2, 0) is 0 Å². The summed E-state index contributed by atoms with van der Waals surface area (Å²) in [6, 6.07) is 6.29. The van der Waals surface area contributed by atoms with Crippen LogP contribution in [0.25, 0.3) is 10.9 Å². The van der Waals surface area contributed by atoms with Gasteiger partial charge in [0.15, 0.2) is 11.5 Å². The third-order valence-electron chi connectivity index (χ3n) is 4.41. The van der Waals surface area contributed by atoms with E-state index in [9.17, 15) is 5.26 Å². The number of benzene rings is 1. The molecule has 2 heterocycles. The van der Waals surface area contributed by atoms with Crippen molar-refractivity contribution in [2.45, 2.75) is 25.8 Å². The lowest BCUT2D eigenvalue weighted by Crippen LogP contribution is -2.37. The summed E-state index contributed by atoms with van der Waals surface area (Å²) in [7, 11) is 3.16. The normalized spacial score (nSPS) is 15.2. The van der Waals surface area contributed by atoms with Crippen LogP contribution in [0.2, 0.25) is 0 Å². The highest BCUT2D eigenvalue weighted by Gasteiger charge is 2.30. The molecule has 0 aliphatic carbocycles. The van der Waals surface area contributed by atoms with Crippen LogP contribution in [0.5, 0.6) is 11.5 Å². The minimum absolute atomic E-state index is 0.285. The first-order valence-corrected chi connectivity index (χ1v) is 8.18. The molecule has 0 fully saturated rings. The number of nitriles is 1. The van der Waals surface area contributed by atoms with Crippen molar-refractivity contribution in [3.63, 3.8) is 0 Å². The zero-order chi connectivity index (χ0) is 18.0. The highest BCUT2D eigenvalue weighted by atomic mass is 16.5. The van der Waals surface area contributed by atoms with E-state index in [2.05, 4.69) is 40.0 Å². The van der Waals surface area contributed by atoms with E-state index in [4.69, 9.17) is 9.47 Å². The number of rotatable bonds is 5. The minimum Gasteiger partial charge on any atom is -0.493 e. The van der Waals surface area contributed by atoms with Crippen LogP contribution in [0.3, 0.4) is 0 Å². The van der Waals surface area contributed by atoms with Crippen molar-refractivity contribution in [3.05, 3.63) is 23.9 Å². The molecule has 0 radical (unpaired) electrons. The maximum atomic E-state index is 9.86. The Hall–Kier alpha value is -2.88.